The fourth-order valence-electron chi connectivity index (χ4n) is 3.02. The van der Waals surface area contributed by atoms with E-state index < -0.39 is 0 Å². The Labute approximate surface area is 156 Å². The van der Waals surface area contributed by atoms with Crippen molar-refractivity contribution in [1.29, 1.82) is 0 Å². The molecule has 0 aliphatic rings. The summed E-state index contributed by atoms with van der Waals surface area (Å²) in [7, 11) is 0. The molecule has 1 N–H and O–H groups in total. The lowest BCUT2D eigenvalue weighted by molar-refractivity contribution is -0.129. The summed E-state index contributed by atoms with van der Waals surface area (Å²) in [5, 5.41) is 3.02. The number of amides is 2. The zero-order valence-electron chi connectivity index (χ0n) is 16.1. The quantitative estimate of drug-likeness (QED) is 0.810. The van der Waals surface area contributed by atoms with E-state index in [0.29, 0.717) is 13.1 Å². The van der Waals surface area contributed by atoms with Gasteiger partial charge in [0.25, 0.3) is 0 Å². The molecular weight excluding hydrogens is 324 g/mol. The SMILES string of the molecule is CCc1cccc(C)c1NC(=O)CCN(Cc1cccc(C)c1)C(C)=O. The van der Waals surface area contributed by atoms with Crippen LogP contribution in [0.2, 0.25) is 0 Å². The number of carbonyl (C=O) groups excluding carboxylic acids is 2. The maximum Gasteiger partial charge on any atom is 0.226 e. The molecule has 0 aliphatic carbocycles. The van der Waals surface area contributed by atoms with Crippen LogP contribution in [0.3, 0.4) is 0 Å². The summed E-state index contributed by atoms with van der Waals surface area (Å²) in [4.78, 5) is 26.1. The van der Waals surface area contributed by atoms with Gasteiger partial charge in [-0.25, -0.2) is 0 Å². The Morgan fingerprint density at radius 1 is 1.08 bits per heavy atom. The zero-order valence-corrected chi connectivity index (χ0v) is 16.1. The smallest absolute Gasteiger partial charge is 0.226 e. The number of aryl methyl sites for hydroxylation is 3. The minimum absolute atomic E-state index is 0.0237. The molecule has 0 saturated carbocycles. The number of carbonyl (C=O) groups is 2. The first-order valence-corrected chi connectivity index (χ1v) is 9.10. The Morgan fingerprint density at radius 2 is 1.81 bits per heavy atom. The van der Waals surface area contributed by atoms with Crippen LogP contribution in [-0.2, 0) is 22.6 Å². The van der Waals surface area contributed by atoms with Crippen LogP contribution in [0.15, 0.2) is 42.5 Å². The number of nitrogens with zero attached hydrogens (tertiary/aromatic N) is 1. The third-order valence-electron chi connectivity index (χ3n) is 4.51. The van der Waals surface area contributed by atoms with Gasteiger partial charge in [-0.3, -0.25) is 9.59 Å². The van der Waals surface area contributed by atoms with Crippen molar-refractivity contribution in [3.05, 3.63) is 64.7 Å². The lowest BCUT2D eigenvalue weighted by Gasteiger charge is -2.21. The molecule has 0 unspecified atom stereocenters. The lowest BCUT2D eigenvalue weighted by Crippen LogP contribution is -2.31. The first-order chi connectivity index (χ1) is 12.4. The average Bonchev–Trinajstić information content (AvgIpc) is 2.60. The van der Waals surface area contributed by atoms with Gasteiger partial charge in [0.2, 0.25) is 11.8 Å². The molecule has 0 saturated heterocycles. The van der Waals surface area contributed by atoms with Crippen LogP contribution in [-0.4, -0.2) is 23.3 Å². The van der Waals surface area contributed by atoms with Gasteiger partial charge < -0.3 is 10.2 Å². The van der Waals surface area contributed by atoms with Crippen molar-refractivity contribution in [2.45, 2.75) is 47.1 Å². The van der Waals surface area contributed by atoms with Crippen LogP contribution in [0, 0.1) is 13.8 Å². The van der Waals surface area contributed by atoms with Crippen molar-refractivity contribution in [2.24, 2.45) is 0 Å². The maximum absolute atomic E-state index is 12.4. The maximum atomic E-state index is 12.4. The summed E-state index contributed by atoms with van der Waals surface area (Å²) in [6.45, 7) is 8.57. The molecule has 138 valence electrons. The number of hydrogen-bond acceptors (Lipinski definition) is 2. The van der Waals surface area contributed by atoms with Crippen LogP contribution < -0.4 is 5.32 Å². The summed E-state index contributed by atoms with van der Waals surface area (Å²) in [5.74, 6) is -0.0889. The lowest BCUT2D eigenvalue weighted by atomic mass is 10.1. The number of hydrogen-bond donors (Lipinski definition) is 1. The molecule has 2 aromatic carbocycles. The third kappa shape index (κ3) is 5.45. The van der Waals surface area contributed by atoms with Crippen LogP contribution >= 0.6 is 0 Å². The van der Waals surface area contributed by atoms with E-state index in [1.165, 1.54) is 0 Å². The van der Waals surface area contributed by atoms with Crippen LogP contribution in [0.5, 0.6) is 0 Å². The largest absolute Gasteiger partial charge is 0.338 e. The van der Waals surface area contributed by atoms with Gasteiger partial charge in [-0.15, -0.1) is 0 Å². The van der Waals surface area contributed by atoms with Crippen LogP contribution in [0.1, 0.15) is 42.5 Å². The highest BCUT2D eigenvalue weighted by molar-refractivity contribution is 5.92. The molecule has 0 bridgehead atoms. The minimum Gasteiger partial charge on any atom is -0.338 e. The van der Waals surface area contributed by atoms with Gasteiger partial charge in [-0.1, -0.05) is 55.0 Å². The van der Waals surface area contributed by atoms with E-state index in [1.807, 2.05) is 50.2 Å². The highest BCUT2D eigenvalue weighted by atomic mass is 16.2. The first kappa shape index (κ1) is 19.7. The molecule has 2 amide bonds. The Morgan fingerprint density at radius 3 is 2.46 bits per heavy atom. The summed E-state index contributed by atoms with van der Waals surface area (Å²) >= 11 is 0. The fraction of sp³-hybridized carbons (Fsp3) is 0.364. The molecule has 0 fully saturated rings. The van der Waals surface area contributed by atoms with Crippen LogP contribution in [0.25, 0.3) is 0 Å². The molecule has 0 aliphatic heterocycles. The predicted octanol–water partition coefficient (Wildman–Crippen LogP) is 4.24. The van der Waals surface area contributed by atoms with E-state index in [4.69, 9.17) is 0 Å². The standard InChI is InChI=1S/C22H28N2O2/c1-5-20-11-7-9-17(3)22(20)23-21(26)12-13-24(18(4)25)15-19-10-6-8-16(2)14-19/h6-11,14H,5,12-13,15H2,1-4H3,(H,23,26). The van der Waals surface area contributed by atoms with E-state index in [2.05, 4.69) is 18.3 Å². The topological polar surface area (TPSA) is 49.4 Å². The molecular formula is C22H28N2O2. The van der Waals surface area contributed by atoms with E-state index in [-0.39, 0.29) is 18.2 Å². The minimum atomic E-state index is -0.0653. The normalized spacial score (nSPS) is 10.5. The summed E-state index contributed by atoms with van der Waals surface area (Å²) < 4.78 is 0. The van der Waals surface area contributed by atoms with Crippen molar-refractivity contribution < 1.29 is 9.59 Å². The van der Waals surface area contributed by atoms with Gasteiger partial charge in [0.15, 0.2) is 0 Å². The molecule has 4 nitrogen and oxygen atoms in total. The Hall–Kier alpha value is -2.62. The number of anilines is 1. The van der Waals surface area contributed by atoms with Crippen molar-refractivity contribution in [3.8, 4) is 0 Å². The van der Waals surface area contributed by atoms with Crippen molar-refractivity contribution >= 4 is 17.5 Å². The first-order valence-electron chi connectivity index (χ1n) is 9.10. The Kier molecular flexibility index (Phi) is 6.96. The fourth-order valence-corrected chi connectivity index (χ4v) is 3.02. The molecule has 0 atom stereocenters. The molecule has 0 radical (unpaired) electrons. The second kappa shape index (κ2) is 9.18. The number of nitrogens with one attached hydrogen (secondary N) is 1. The second-order valence-electron chi connectivity index (χ2n) is 6.69. The monoisotopic (exact) mass is 352 g/mol. The van der Waals surface area contributed by atoms with Gasteiger partial charge in [-0.05, 0) is 37.0 Å². The van der Waals surface area contributed by atoms with Gasteiger partial charge >= 0.3 is 0 Å². The second-order valence-corrected chi connectivity index (χ2v) is 6.69. The molecule has 2 rings (SSSR count). The molecule has 0 spiro atoms. The van der Waals surface area contributed by atoms with E-state index in [1.54, 1.807) is 11.8 Å². The molecule has 2 aromatic rings. The molecule has 0 aromatic heterocycles. The van der Waals surface area contributed by atoms with Crippen LogP contribution in [0.4, 0.5) is 5.69 Å². The van der Waals surface area contributed by atoms with Crippen molar-refractivity contribution in [2.75, 3.05) is 11.9 Å². The molecule has 26 heavy (non-hydrogen) atoms. The Balaban J connectivity index is 1.99. The number of para-hydroxylation sites is 1. The predicted molar refractivity (Wildman–Crippen MR) is 106 cm³/mol. The summed E-state index contributed by atoms with van der Waals surface area (Å²) in [5.41, 5.74) is 5.32. The molecule has 0 heterocycles. The van der Waals surface area contributed by atoms with E-state index >= 15 is 0 Å². The summed E-state index contributed by atoms with van der Waals surface area (Å²) in [6.07, 6.45) is 1.15. The average molecular weight is 352 g/mol. The van der Waals surface area contributed by atoms with Gasteiger partial charge in [0, 0.05) is 32.1 Å². The number of benzene rings is 2. The van der Waals surface area contributed by atoms with E-state index in [0.717, 1.165) is 34.4 Å². The van der Waals surface area contributed by atoms with E-state index in [9.17, 15) is 9.59 Å². The van der Waals surface area contributed by atoms with Gasteiger partial charge in [0.05, 0.1) is 0 Å². The van der Waals surface area contributed by atoms with Gasteiger partial charge in [-0.2, -0.15) is 0 Å². The highest BCUT2D eigenvalue weighted by Crippen LogP contribution is 2.21. The summed E-state index contributed by atoms with van der Waals surface area (Å²) in [6, 6.07) is 14.1. The third-order valence-corrected chi connectivity index (χ3v) is 4.51. The van der Waals surface area contributed by atoms with Crippen molar-refractivity contribution in [1.82, 2.24) is 4.90 Å². The van der Waals surface area contributed by atoms with Crippen molar-refractivity contribution in [3.63, 3.8) is 0 Å². The van der Waals surface area contributed by atoms with Gasteiger partial charge in [0.1, 0.15) is 0 Å². The molecule has 4 heteroatoms. The highest BCUT2D eigenvalue weighted by Gasteiger charge is 2.14. The number of rotatable bonds is 7. The Bertz CT molecular complexity index is 783. The zero-order chi connectivity index (χ0) is 19.1.